The first-order valence-electron chi connectivity index (χ1n) is 6.06. The number of nitrogen functional groups attached to an aromatic ring is 1. The van der Waals surface area contributed by atoms with Crippen LogP contribution in [0.1, 0.15) is 5.56 Å². The van der Waals surface area contributed by atoms with Crippen molar-refractivity contribution < 1.29 is 9.53 Å². The van der Waals surface area contributed by atoms with E-state index in [0.717, 1.165) is 5.56 Å². The molecule has 0 saturated carbocycles. The lowest BCUT2D eigenvalue weighted by Crippen LogP contribution is -2.15. The second-order valence-electron chi connectivity index (χ2n) is 4.30. The van der Waals surface area contributed by atoms with Crippen molar-refractivity contribution in [1.29, 1.82) is 0 Å². The van der Waals surface area contributed by atoms with E-state index in [2.05, 4.69) is 5.32 Å². The van der Waals surface area contributed by atoms with Crippen LogP contribution in [0.2, 0.25) is 5.02 Å². The Morgan fingerprint density at radius 1 is 1.25 bits per heavy atom. The summed E-state index contributed by atoms with van der Waals surface area (Å²) in [5.41, 5.74) is 7.74. The first kappa shape index (κ1) is 14.2. The first-order chi connectivity index (χ1) is 9.58. The number of hydrogen-bond donors (Lipinski definition) is 2. The van der Waals surface area contributed by atoms with E-state index >= 15 is 0 Å². The Hall–Kier alpha value is -2.20. The Labute approximate surface area is 122 Å². The fourth-order valence-corrected chi connectivity index (χ4v) is 1.88. The quantitative estimate of drug-likeness (QED) is 0.850. The van der Waals surface area contributed by atoms with Gasteiger partial charge in [0.1, 0.15) is 5.75 Å². The van der Waals surface area contributed by atoms with Crippen LogP contribution < -0.4 is 15.8 Å². The summed E-state index contributed by atoms with van der Waals surface area (Å²) in [6, 6.07) is 12.3. The Balaban J connectivity index is 2.06. The predicted octanol–water partition coefficient (Wildman–Crippen LogP) is 3.11. The van der Waals surface area contributed by atoms with E-state index < -0.39 is 0 Å². The van der Waals surface area contributed by atoms with Gasteiger partial charge in [-0.2, -0.15) is 0 Å². The van der Waals surface area contributed by atoms with E-state index in [1.807, 2.05) is 12.1 Å². The second kappa shape index (κ2) is 6.30. The van der Waals surface area contributed by atoms with Gasteiger partial charge >= 0.3 is 0 Å². The molecule has 0 fully saturated rings. The van der Waals surface area contributed by atoms with Gasteiger partial charge < -0.3 is 15.8 Å². The molecule has 0 aromatic heterocycles. The molecule has 0 aliphatic heterocycles. The molecule has 20 heavy (non-hydrogen) atoms. The summed E-state index contributed by atoms with van der Waals surface area (Å²) in [6.07, 6.45) is 0.258. The molecule has 0 unspecified atom stereocenters. The lowest BCUT2D eigenvalue weighted by Gasteiger charge is -2.10. The van der Waals surface area contributed by atoms with Crippen molar-refractivity contribution in [2.75, 3.05) is 18.2 Å². The molecule has 0 radical (unpaired) electrons. The number of benzene rings is 2. The van der Waals surface area contributed by atoms with Crippen LogP contribution in [0, 0.1) is 0 Å². The third-order valence-corrected chi connectivity index (χ3v) is 3.06. The molecule has 2 aromatic carbocycles. The van der Waals surface area contributed by atoms with Crippen LogP contribution in [-0.2, 0) is 11.2 Å². The lowest BCUT2D eigenvalue weighted by molar-refractivity contribution is -0.115. The van der Waals surface area contributed by atoms with Gasteiger partial charge in [0.05, 0.1) is 24.9 Å². The van der Waals surface area contributed by atoms with Gasteiger partial charge in [-0.1, -0.05) is 23.7 Å². The van der Waals surface area contributed by atoms with Crippen molar-refractivity contribution in [1.82, 2.24) is 0 Å². The van der Waals surface area contributed by atoms with Crippen molar-refractivity contribution in [3.8, 4) is 5.75 Å². The summed E-state index contributed by atoms with van der Waals surface area (Å²) in [5, 5.41) is 3.42. The summed E-state index contributed by atoms with van der Waals surface area (Å²) < 4.78 is 5.10. The zero-order valence-corrected chi connectivity index (χ0v) is 11.8. The van der Waals surface area contributed by atoms with Gasteiger partial charge in [-0.15, -0.1) is 0 Å². The fourth-order valence-electron chi connectivity index (χ4n) is 1.75. The van der Waals surface area contributed by atoms with Crippen LogP contribution in [0.3, 0.4) is 0 Å². The molecule has 4 nitrogen and oxygen atoms in total. The van der Waals surface area contributed by atoms with Crippen molar-refractivity contribution >= 4 is 28.9 Å². The number of rotatable bonds is 4. The van der Waals surface area contributed by atoms with Crippen LogP contribution in [0.15, 0.2) is 42.5 Å². The van der Waals surface area contributed by atoms with Crippen LogP contribution in [0.25, 0.3) is 0 Å². The van der Waals surface area contributed by atoms with E-state index in [4.69, 9.17) is 22.1 Å². The van der Waals surface area contributed by atoms with Gasteiger partial charge in [0.15, 0.2) is 0 Å². The number of carbonyl (C=O) groups is 1. The maximum Gasteiger partial charge on any atom is 0.228 e. The van der Waals surface area contributed by atoms with Crippen molar-refractivity contribution in [2.24, 2.45) is 0 Å². The molecule has 5 heteroatoms. The van der Waals surface area contributed by atoms with Crippen LogP contribution in [0.5, 0.6) is 5.75 Å². The molecule has 0 saturated heterocycles. The maximum absolute atomic E-state index is 12.0. The van der Waals surface area contributed by atoms with Gasteiger partial charge in [0, 0.05) is 11.1 Å². The number of anilines is 2. The average molecular weight is 291 g/mol. The monoisotopic (exact) mass is 290 g/mol. The predicted molar refractivity (Wildman–Crippen MR) is 81.2 cm³/mol. The van der Waals surface area contributed by atoms with Crippen LogP contribution >= 0.6 is 11.6 Å². The SMILES string of the molecule is COc1ccc(N)c(NC(=O)Cc2ccc(Cl)cc2)c1. The number of methoxy groups -OCH3 is 1. The lowest BCUT2D eigenvalue weighted by atomic mass is 10.1. The van der Waals surface area contributed by atoms with Crippen molar-refractivity contribution in [2.45, 2.75) is 6.42 Å². The van der Waals surface area contributed by atoms with E-state index in [9.17, 15) is 4.79 Å². The number of ether oxygens (including phenoxy) is 1. The van der Waals surface area contributed by atoms with Crippen LogP contribution in [-0.4, -0.2) is 13.0 Å². The zero-order chi connectivity index (χ0) is 14.5. The van der Waals surface area contributed by atoms with Gasteiger partial charge in [-0.3, -0.25) is 4.79 Å². The summed E-state index contributed by atoms with van der Waals surface area (Å²) in [4.78, 5) is 12.0. The van der Waals surface area contributed by atoms with Gasteiger partial charge in [0.2, 0.25) is 5.91 Å². The first-order valence-corrected chi connectivity index (χ1v) is 6.44. The standard InChI is InChI=1S/C15H15ClN2O2/c1-20-12-6-7-13(17)14(9-12)18-15(19)8-10-2-4-11(16)5-3-10/h2-7,9H,8,17H2,1H3,(H,18,19). The number of hydrogen-bond acceptors (Lipinski definition) is 3. The Morgan fingerprint density at radius 3 is 2.60 bits per heavy atom. The van der Waals surface area contributed by atoms with Crippen LogP contribution in [0.4, 0.5) is 11.4 Å². The Morgan fingerprint density at radius 2 is 1.95 bits per heavy atom. The van der Waals surface area contributed by atoms with E-state index in [0.29, 0.717) is 22.1 Å². The average Bonchev–Trinajstić information content (AvgIpc) is 2.44. The number of amides is 1. The van der Waals surface area contributed by atoms with Gasteiger partial charge in [-0.05, 0) is 29.8 Å². The maximum atomic E-state index is 12.0. The van der Waals surface area contributed by atoms with Crippen molar-refractivity contribution in [3.05, 3.63) is 53.1 Å². The van der Waals surface area contributed by atoms with Gasteiger partial charge in [-0.25, -0.2) is 0 Å². The molecular formula is C15H15ClN2O2. The highest BCUT2D eigenvalue weighted by Gasteiger charge is 2.07. The van der Waals surface area contributed by atoms with E-state index in [-0.39, 0.29) is 12.3 Å². The molecule has 2 aromatic rings. The Bertz CT molecular complexity index is 612. The summed E-state index contributed by atoms with van der Waals surface area (Å²) in [6.45, 7) is 0. The minimum absolute atomic E-state index is 0.146. The zero-order valence-electron chi connectivity index (χ0n) is 11.0. The largest absolute Gasteiger partial charge is 0.497 e. The van der Waals surface area contributed by atoms with Crippen molar-refractivity contribution in [3.63, 3.8) is 0 Å². The molecule has 0 spiro atoms. The third kappa shape index (κ3) is 3.65. The molecule has 0 aliphatic rings. The topological polar surface area (TPSA) is 64.3 Å². The van der Waals surface area contributed by atoms with Gasteiger partial charge in [0.25, 0.3) is 0 Å². The fraction of sp³-hybridized carbons (Fsp3) is 0.133. The van der Waals surface area contributed by atoms with E-state index in [1.165, 1.54) is 0 Å². The Kier molecular flexibility index (Phi) is 4.48. The number of nitrogens with one attached hydrogen (secondary N) is 1. The molecule has 0 atom stereocenters. The summed E-state index contributed by atoms with van der Waals surface area (Å²) in [5.74, 6) is 0.494. The molecule has 0 bridgehead atoms. The number of carbonyl (C=O) groups excluding carboxylic acids is 1. The normalized spacial score (nSPS) is 10.1. The number of halogens is 1. The molecule has 0 aliphatic carbocycles. The summed E-state index contributed by atoms with van der Waals surface area (Å²) in [7, 11) is 1.56. The minimum atomic E-state index is -0.146. The smallest absolute Gasteiger partial charge is 0.228 e. The third-order valence-electron chi connectivity index (χ3n) is 2.81. The molecule has 104 valence electrons. The molecule has 1 amide bonds. The highest BCUT2D eigenvalue weighted by molar-refractivity contribution is 6.30. The minimum Gasteiger partial charge on any atom is -0.497 e. The highest BCUT2D eigenvalue weighted by atomic mass is 35.5. The number of nitrogens with two attached hydrogens (primary N) is 1. The molecule has 3 N–H and O–H groups in total. The molecule has 2 rings (SSSR count). The molecule has 0 heterocycles. The highest BCUT2D eigenvalue weighted by Crippen LogP contribution is 2.24. The summed E-state index contributed by atoms with van der Waals surface area (Å²) >= 11 is 5.80. The molecular weight excluding hydrogens is 276 g/mol. The van der Waals surface area contributed by atoms with E-state index in [1.54, 1.807) is 37.4 Å². The second-order valence-corrected chi connectivity index (χ2v) is 4.74.